The molecular weight excluding hydrogens is 234 g/mol. The van der Waals surface area contributed by atoms with Crippen molar-refractivity contribution < 1.29 is 4.79 Å². The van der Waals surface area contributed by atoms with Crippen LogP contribution in [0.15, 0.2) is 60.7 Å². The van der Waals surface area contributed by atoms with Gasteiger partial charge in [0.25, 0.3) is 0 Å². The van der Waals surface area contributed by atoms with Gasteiger partial charge in [0.2, 0.25) is 5.91 Å². The molecule has 2 nitrogen and oxygen atoms in total. The number of rotatable bonds is 4. The molecule has 0 saturated heterocycles. The lowest BCUT2D eigenvalue weighted by Crippen LogP contribution is -2.27. The summed E-state index contributed by atoms with van der Waals surface area (Å²) in [6.07, 6.45) is 0.523. The lowest BCUT2D eigenvalue weighted by atomic mass is 9.97. The maximum absolute atomic E-state index is 12.3. The van der Waals surface area contributed by atoms with E-state index in [1.807, 2.05) is 55.6 Å². The van der Waals surface area contributed by atoms with Gasteiger partial charge in [0.1, 0.15) is 0 Å². The summed E-state index contributed by atoms with van der Waals surface area (Å²) < 4.78 is 0. The van der Waals surface area contributed by atoms with Crippen LogP contribution in [0.4, 0.5) is 5.69 Å². The van der Waals surface area contributed by atoms with Gasteiger partial charge in [-0.1, -0.05) is 55.5 Å². The minimum absolute atomic E-state index is 0.141. The van der Waals surface area contributed by atoms with Crippen molar-refractivity contribution in [1.82, 2.24) is 0 Å². The smallest absolute Gasteiger partial charge is 0.227 e. The lowest BCUT2D eigenvalue weighted by molar-refractivity contribution is -0.118. The first kappa shape index (κ1) is 13.3. The van der Waals surface area contributed by atoms with Crippen LogP contribution in [0.3, 0.4) is 0 Å². The first-order valence-corrected chi connectivity index (χ1v) is 6.55. The van der Waals surface area contributed by atoms with Gasteiger partial charge in [-0.2, -0.15) is 0 Å². The summed E-state index contributed by atoms with van der Waals surface area (Å²) in [6.45, 7) is 2.09. The number of para-hydroxylation sites is 1. The Bertz CT molecular complexity index is 521. The van der Waals surface area contributed by atoms with E-state index in [-0.39, 0.29) is 11.8 Å². The number of anilines is 1. The summed E-state index contributed by atoms with van der Waals surface area (Å²) in [4.78, 5) is 14.0. The van der Waals surface area contributed by atoms with E-state index in [1.165, 1.54) is 5.56 Å². The van der Waals surface area contributed by atoms with Gasteiger partial charge >= 0.3 is 0 Å². The topological polar surface area (TPSA) is 20.3 Å². The highest BCUT2D eigenvalue weighted by Gasteiger charge is 2.15. The van der Waals surface area contributed by atoms with Gasteiger partial charge < -0.3 is 4.90 Å². The zero-order valence-corrected chi connectivity index (χ0v) is 11.4. The molecule has 0 aliphatic rings. The fraction of sp³-hybridized carbons (Fsp3) is 0.235. The van der Waals surface area contributed by atoms with Gasteiger partial charge in [-0.15, -0.1) is 0 Å². The fourth-order valence-corrected chi connectivity index (χ4v) is 2.09. The van der Waals surface area contributed by atoms with Gasteiger partial charge in [-0.3, -0.25) is 4.79 Å². The Balaban J connectivity index is 2.02. The van der Waals surface area contributed by atoms with E-state index in [1.54, 1.807) is 4.90 Å². The van der Waals surface area contributed by atoms with Crippen LogP contribution in [0.2, 0.25) is 0 Å². The van der Waals surface area contributed by atoms with E-state index in [9.17, 15) is 4.79 Å². The summed E-state index contributed by atoms with van der Waals surface area (Å²) in [5.41, 5.74) is 2.14. The molecule has 0 aliphatic carbocycles. The van der Waals surface area contributed by atoms with Crippen molar-refractivity contribution >= 4 is 11.6 Å². The van der Waals surface area contributed by atoms with Crippen LogP contribution in [0, 0.1) is 0 Å². The number of amides is 1. The molecule has 19 heavy (non-hydrogen) atoms. The second kappa shape index (κ2) is 6.19. The molecule has 2 heteroatoms. The summed E-state index contributed by atoms with van der Waals surface area (Å²) in [7, 11) is 1.83. The van der Waals surface area contributed by atoms with Crippen LogP contribution < -0.4 is 4.90 Å². The third-order valence-electron chi connectivity index (χ3n) is 3.37. The average Bonchev–Trinajstić information content (AvgIpc) is 2.48. The fourth-order valence-electron chi connectivity index (χ4n) is 2.09. The minimum Gasteiger partial charge on any atom is -0.315 e. The molecule has 0 N–H and O–H groups in total. The molecule has 0 heterocycles. The van der Waals surface area contributed by atoms with Gasteiger partial charge in [0.05, 0.1) is 0 Å². The summed E-state index contributed by atoms with van der Waals surface area (Å²) in [6, 6.07) is 19.9. The summed E-state index contributed by atoms with van der Waals surface area (Å²) >= 11 is 0. The Morgan fingerprint density at radius 2 is 1.53 bits per heavy atom. The van der Waals surface area contributed by atoms with Gasteiger partial charge in [-0.05, 0) is 23.6 Å². The third kappa shape index (κ3) is 3.44. The van der Waals surface area contributed by atoms with Crippen LogP contribution in [0.5, 0.6) is 0 Å². The van der Waals surface area contributed by atoms with Crippen molar-refractivity contribution in [2.75, 3.05) is 11.9 Å². The van der Waals surface area contributed by atoms with Crippen molar-refractivity contribution in [3.8, 4) is 0 Å². The number of carbonyl (C=O) groups is 1. The molecule has 0 bridgehead atoms. The number of benzene rings is 2. The van der Waals surface area contributed by atoms with Crippen LogP contribution >= 0.6 is 0 Å². The van der Waals surface area contributed by atoms with E-state index >= 15 is 0 Å². The molecule has 0 aromatic heterocycles. The molecule has 1 unspecified atom stereocenters. The van der Waals surface area contributed by atoms with Crippen LogP contribution in [-0.4, -0.2) is 13.0 Å². The van der Waals surface area contributed by atoms with Gasteiger partial charge in [0.15, 0.2) is 0 Å². The lowest BCUT2D eigenvalue weighted by Gasteiger charge is -2.20. The van der Waals surface area contributed by atoms with E-state index < -0.39 is 0 Å². The normalized spacial score (nSPS) is 11.9. The van der Waals surface area contributed by atoms with Crippen LogP contribution in [-0.2, 0) is 4.79 Å². The second-order valence-electron chi connectivity index (χ2n) is 4.80. The average molecular weight is 253 g/mol. The third-order valence-corrected chi connectivity index (χ3v) is 3.37. The Kier molecular flexibility index (Phi) is 4.35. The quantitative estimate of drug-likeness (QED) is 0.810. The minimum atomic E-state index is 0.141. The summed E-state index contributed by atoms with van der Waals surface area (Å²) in [5, 5.41) is 0. The van der Waals surface area contributed by atoms with E-state index in [0.717, 1.165) is 5.69 Å². The zero-order chi connectivity index (χ0) is 13.7. The Hall–Kier alpha value is -2.09. The van der Waals surface area contributed by atoms with Crippen LogP contribution in [0.1, 0.15) is 24.8 Å². The highest BCUT2D eigenvalue weighted by Crippen LogP contribution is 2.21. The second-order valence-corrected chi connectivity index (χ2v) is 4.80. The molecule has 2 aromatic carbocycles. The molecule has 2 rings (SSSR count). The van der Waals surface area contributed by atoms with E-state index in [4.69, 9.17) is 0 Å². The molecule has 1 atom stereocenters. The van der Waals surface area contributed by atoms with Crippen LogP contribution in [0.25, 0.3) is 0 Å². The largest absolute Gasteiger partial charge is 0.315 e. The predicted molar refractivity (Wildman–Crippen MR) is 79.3 cm³/mol. The van der Waals surface area contributed by atoms with Crippen molar-refractivity contribution in [2.45, 2.75) is 19.3 Å². The molecule has 0 radical (unpaired) electrons. The maximum Gasteiger partial charge on any atom is 0.227 e. The Labute approximate surface area is 114 Å². The molecule has 0 saturated carbocycles. The van der Waals surface area contributed by atoms with Gasteiger partial charge in [0, 0.05) is 19.2 Å². The number of hydrogen-bond donors (Lipinski definition) is 0. The van der Waals surface area contributed by atoms with Crippen molar-refractivity contribution in [1.29, 1.82) is 0 Å². The van der Waals surface area contributed by atoms with E-state index in [2.05, 4.69) is 19.1 Å². The number of carbonyl (C=O) groups excluding carboxylic acids is 1. The predicted octanol–water partition coefficient (Wildman–Crippen LogP) is 3.84. The number of nitrogens with zero attached hydrogens (tertiary/aromatic N) is 1. The molecule has 1 amide bonds. The molecule has 2 aromatic rings. The maximum atomic E-state index is 12.3. The standard InChI is InChI=1S/C17H19NO/c1-14(15-9-5-3-6-10-15)13-17(19)18(2)16-11-7-4-8-12-16/h3-12,14H,13H2,1-2H3. The molecular formula is C17H19NO. The highest BCUT2D eigenvalue weighted by atomic mass is 16.2. The first-order valence-electron chi connectivity index (χ1n) is 6.55. The van der Waals surface area contributed by atoms with Crippen molar-refractivity contribution in [3.63, 3.8) is 0 Å². The Morgan fingerprint density at radius 3 is 2.11 bits per heavy atom. The van der Waals surface area contributed by atoms with E-state index in [0.29, 0.717) is 6.42 Å². The molecule has 0 fully saturated rings. The SMILES string of the molecule is CC(CC(=O)N(C)c1ccccc1)c1ccccc1. The highest BCUT2D eigenvalue weighted by molar-refractivity contribution is 5.93. The monoisotopic (exact) mass is 253 g/mol. The van der Waals surface area contributed by atoms with Gasteiger partial charge in [-0.25, -0.2) is 0 Å². The number of hydrogen-bond acceptors (Lipinski definition) is 1. The summed E-state index contributed by atoms with van der Waals surface area (Å²) in [5.74, 6) is 0.377. The van der Waals surface area contributed by atoms with Crippen molar-refractivity contribution in [2.24, 2.45) is 0 Å². The first-order chi connectivity index (χ1) is 9.18. The molecule has 0 spiro atoms. The zero-order valence-electron chi connectivity index (χ0n) is 11.4. The molecule has 98 valence electrons. The molecule has 0 aliphatic heterocycles. The van der Waals surface area contributed by atoms with Crippen molar-refractivity contribution in [3.05, 3.63) is 66.2 Å². The Morgan fingerprint density at radius 1 is 1.00 bits per heavy atom.